The molecular weight excluding hydrogens is 182 g/mol. The van der Waals surface area contributed by atoms with Crippen LogP contribution in [0.15, 0.2) is 18.2 Å². The molecular formula is C10H11NO3. The molecule has 0 fully saturated rings. The van der Waals surface area contributed by atoms with Crippen LogP contribution in [0.2, 0.25) is 0 Å². The Hall–Kier alpha value is -1.73. The van der Waals surface area contributed by atoms with Crippen LogP contribution in [0.3, 0.4) is 0 Å². The van der Waals surface area contributed by atoms with E-state index >= 15 is 0 Å². The van der Waals surface area contributed by atoms with Crippen molar-refractivity contribution in [2.45, 2.75) is 6.10 Å². The lowest BCUT2D eigenvalue weighted by atomic mass is 10.1. The highest BCUT2D eigenvalue weighted by Gasteiger charge is 2.12. The summed E-state index contributed by atoms with van der Waals surface area (Å²) in [5.74, 6) is 1.06. The molecule has 1 unspecified atom stereocenters. The van der Waals surface area contributed by atoms with Gasteiger partial charge in [0.25, 0.3) is 0 Å². The van der Waals surface area contributed by atoms with Crippen LogP contribution < -0.4 is 9.47 Å². The van der Waals surface area contributed by atoms with E-state index in [1.54, 1.807) is 24.3 Å². The third kappa shape index (κ3) is 1.95. The predicted octanol–water partition coefficient (Wildman–Crippen LogP) is 1.26. The Morgan fingerprint density at radius 3 is 2.57 bits per heavy atom. The van der Waals surface area contributed by atoms with Crippen LogP contribution in [-0.2, 0) is 0 Å². The molecule has 4 heteroatoms. The van der Waals surface area contributed by atoms with Crippen LogP contribution >= 0.6 is 0 Å². The van der Waals surface area contributed by atoms with Crippen LogP contribution in [0.5, 0.6) is 11.5 Å². The lowest BCUT2D eigenvalue weighted by molar-refractivity contribution is 0.229. The second-order valence-corrected chi connectivity index (χ2v) is 2.64. The first-order chi connectivity index (χ1) is 6.72. The maximum Gasteiger partial charge on any atom is 0.169 e. The lowest BCUT2D eigenvalue weighted by Crippen LogP contribution is -1.98. The number of nitriles is 1. The van der Waals surface area contributed by atoms with Gasteiger partial charge in [-0.3, -0.25) is 0 Å². The average molecular weight is 193 g/mol. The Labute approximate surface area is 82.3 Å². The highest BCUT2D eigenvalue weighted by Crippen LogP contribution is 2.28. The number of methoxy groups -OCH3 is 2. The number of benzene rings is 1. The van der Waals surface area contributed by atoms with Gasteiger partial charge in [0.2, 0.25) is 0 Å². The quantitative estimate of drug-likeness (QED) is 0.734. The van der Waals surface area contributed by atoms with Gasteiger partial charge < -0.3 is 14.6 Å². The molecule has 0 radical (unpaired) electrons. The third-order valence-corrected chi connectivity index (χ3v) is 1.86. The van der Waals surface area contributed by atoms with E-state index in [0.717, 1.165) is 0 Å². The summed E-state index contributed by atoms with van der Waals surface area (Å²) >= 11 is 0. The fourth-order valence-corrected chi connectivity index (χ4v) is 1.11. The maximum absolute atomic E-state index is 9.32. The molecule has 4 nitrogen and oxygen atoms in total. The van der Waals surface area contributed by atoms with Gasteiger partial charge in [-0.1, -0.05) is 0 Å². The highest BCUT2D eigenvalue weighted by atomic mass is 16.5. The molecule has 0 spiro atoms. The van der Waals surface area contributed by atoms with Crippen molar-refractivity contribution in [1.82, 2.24) is 0 Å². The molecule has 0 saturated carbocycles. The van der Waals surface area contributed by atoms with Crippen molar-refractivity contribution in [3.63, 3.8) is 0 Å². The van der Waals surface area contributed by atoms with E-state index in [9.17, 15) is 5.11 Å². The molecule has 1 N–H and O–H groups in total. The second kappa shape index (κ2) is 4.49. The second-order valence-electron chi connectivity index (χ2n) is 2.64. The van der Waals surface area contributed by atoms with Gasteiger partial charge in [0, 0.05) is 11.6 Å². The van der Waals surface area contributed by atoms with Gasteiger partial charge >= 0.3 is 0 Å². The average Bonchev–Trinajstić information content (AvgIpc) is 2.27. The summed E-state index contributed by atoms with van der Waals surface area (Å²) in [6.07, 6.45) is -1.17. The van der Waals surface area contributed by atoms with E-state index < -0.39 is 6.10 Å². The van der Waals surface area contributed by atoms with Gasteiger partial charge in [-0.05, 0) is 12.1 Å². The van der Waals surface area contributed by atoms with Gasteiger partial charge in [-0.25, -0.2) is 0 Å². The topological polar surface area (TPSA) is 62.5 Å². The molecule has 0 aliphatic carbocycles. The van der Waals surface area contributed by atoms with E-state index in [1.165, 1.54) is 14.2 Å². The van der Waals surface area contributed by atoms with Crippen molar-refractivity contribution in [3.05, 3.63) is 23.8 Å². The molecule has 0 bridgehead atoms. The fourth-order valence-electron chi connectivity index (χ4n) is 1.11. The molecule has 1 atom stereocenters. The van der Waals surface area contributed by atoms with E-state index in [1.807, 2.05) is 0 Å². The van der Waals surface area contributed by atoms with Crippen LogP contribution in [0.25, 0.3) is 0 Å². The van der Waals surface area contributed by atoms with Gasteiger partial charge in [0.05, 0.1) is 20.3 Å². The molecule has 0 aromatic heterocycles. The zero-order valence-electron chi connectivity index (χ0n) is 8.02. The molecule has 0 aliphatic rings. The first-order valence-electron chi connectivity index (χ1n) is 4.02. The summed E-state index contributed by atoms with van der Waals surface area (Å²) in [6.45, 7) is 0. The van der Waals surface area contributed by atoms with Crippen LogP contribution in [-0.4, -0.2) is 19.3 Å². The van der Waals surface area contributed by atoms with E-state index in [4.69, 9.17) is 14.7 Å². The van der Waals surface area contributed by atoms with Gasteiger partial charge in [0.15, 0.2) is 6.10 Å². The molecule has 1 aromatic carbocycles. The van der Waals surface area contributed by atoms with Crippen molar-refractivity contribution in [2.24, 2.45) is 0 Å². The standard InChI is InChI=1S/C10H11NO3/c1-13-7-3-4-8(9(12)6-11)10(5-7)14-2/h3-5,9,12H,1-2H3. The zero-order valence-corrected chi connectivity index (χ0v) is 8.02. The Kier molecular flexibility index (Phi) is 3.32. The van der Waals surface area contributed by atoms with Crippen molar-refractivity contribution in [2.75, 3.05) is 14.2 Å². The first-order valence-corrected chi connectivity index (χ1v) is 4.02. The number of ether oxygens (including phenoxy) is 2. The normalized spacial score (nSPS) is 11.6. The Bertz CT molecular complexity index is 357. The number of nitrogens with zero attached hydrogens (tertiary/aromatic N) is 1. The van der Waals surface area contributed by atoms with Gasteiger partial charge in [-0.2, -0.15) is 5.26 Å². The minimum absolute atomic E-state index is 0.441. The van der Waals surface area contributed by atoms with E-state index in [0.29, 0.717) is 17.1 Å². The maximum atomic E-state index is 9.32. The molecule has 0 amide bonds. The molecule has 0 heterocycles. The SMILES string of the molecule is COc1ccc(C(O)C#N)c(OC)c1. The van der Waals surface area contributed by atoms with Crippen molar-refractivity contribution >= 4 is 0 Å². The number of aliphatic hydroxyl groups excluding tert-OH is 1. The van der Waals surface area contributed by atoms with Crippen LogP contribution in [0, 0.1) is 11.3 Å². The van der Waals surface area contributed by atoms with Crippen molar-refractivity contribution in [3.8, 4) is 17.6 Å². The molecule has 14 heavy (non-hydrogen) atoms. The smallest absolute Gasteiger partial charge is 0.169 e. The summed E-state index contributed by atoms with van der Waals surface area (Å²) in [6, 6.07) is 6.62. The molecule has 0 saturated heterocycles. The van der Waals surface area contributed by atoms with Crippen molar-refractivity contribution in [1.29, 1.82) is 5.26 Å². The number of hydrogen-bond acceptors (Lipinski definition) is 4. The summed E-state index contributed by atoms with van der Waals surface area (Å²) in [4.78, 5) is 0. The third-order valence-electron chi connectivity index (χ3n) is 1.86. The number of aliphatic hydroxyl groups is 1. The molecule has 1 aromatic rings. The Balaban J connectivity index is 3.12. The van der Waals surface area contributed by atoms with Gasteiger partial charge in [-0.15, -0.1) is 0 Å². The number of hydrogen-bond donors (Lipinski definition) is 1. The van der Waals surface area contributed by atoms with Crippen LogP contribution in [0.4, 0.5) is 0 Å². The molecule has 1 rings (SSSR count). The minimum Gasteiger partial charge on any atom is -0.497 e. The van der Waals surface area contributed by atoms with Gasteiger partial charge in [0.1, 0.15) is 11.5 Å². The largest absolute Gasteiger partial charge is 0.497 e. The summed E-state index contributed by atoms with van der Waals surface area (Å²) in [5.41, 5.74) is 0.441. The minimum atomic E-state index is -1.17. The van der Waals surface area contributed by atoms with Crippen molar-refractivity contribution < 1.29 is 14.6 Å². The fraction of sp³-hybridized carbons (Fsp3) is 0.300. The number of rotatable bonds is 3. The molecule has 0 aliphatic heterocycles. The summed E-state index contributed by atoms with van der Waals surface area (Å²) in [5, 5.41) is 17.9. The summed E-state index contributed by atoms with van der Waals surface area (Å²) < 4.78 is 10.0. The van der Waals surface area contributed by atoms with Crippen LogP contribution in [0.1, 0.15) is 11.7 Å². The van der Waals surface area contributed by atoms with E-state index in [-0.39, 0.29) is 0 Å². The predicted molar refractivity (Wildman–Crippen MR) is 50.1 cm³/mol. The monoisotopic (exact) mass is 193 g/mol. The first kappa shape index (κ1) is 10.4. The summed E-state index contributed by atoms with van der Waals surface area (Å²) in [7, 11) is 3.01. The Morgan fingerprint density at radius 1 is 1.36 bits per heavy atom. The molecule has 74 valence electrons. The highest BCUT2D eigenvalue weighted by molar-refractivity contribution is 5.43. The zero-order chi connectivity index (χ0) is 10.6. The Morgan fingerprint density at radius 2 is 2.07 bits per heavy atom. The van der Waals surface area contributed by atoms with E-state index in [2.05, 4.69) is 0 Å². The lowest BCUT2D eigenvalue weighted by Gasteiger charge is -2.10.